The van der Waals surface area contributed by atoms with Gasteiger partial charge in [-0.3, -0.25) is 9.59 Å². The molecular weight excluding hydrogens is 594 g/mol. The highest BCUT2D eigenvalue weighted by molar-refractivity contribution is 5.86. The number of hydrogen-bond donors (Lipinski definition) is 3. The number of carbonyl (C=O) groups is 3. The summed E-state index contributed by atoms with van der Waals surface area (Å²) < 4.78 is 32.6. The van der Waals surface area contributed by atoms with Gasteiger partial charge in [0.2, 0.25) is 5.91 Å². The molecule has 0 heterocycles. The van der Waals surface area contributed by atoms with E-state index in [9.17, 15) is 14.4 Å². The number of nitrogens with one attached hydrogen (secondary N) is 2. The molecule has 0 fully saturated rings. The molecule has 1 atom stereocenters. The van der Waals surface area contributed by atoms with E-state index in [1.54, 1.807) is 20.8 Å². The standard InChI is InChI=1S/C34H49N3O9/c1-34(2,3)46-31(38)13-12-30(32(39)36-15-17-42-19-21-44-23-22-43-20-18-41-16-14-35)37-33(40)45-24-29-27-10-6-4-8-25(27)26-9-5-7-11-28(26)29/h4-11,29-30H,12-24,35H2,1-3H3,(H,36,39)(H,37,40)/t30-/m1/s1. The van der Waals surface area contributed by atoms with Crippen molar-refractivity contribution in [3.8, 4) is 11.1 Å². The number of rotatable bonds is 21. The number of alkyl carbamates (subject to hydrolysis) is 1. The number of benzene rings is 2. The molecule has 3 rings (SSSR count). The molecule has 12 heteroatoms. The molecule has 46 heavy (non-hydrogen) atoms. The smallest absolute Gasteiger partial charge is 0.407 e. The molecule has 0 saturated carbocycles. The van der Waals surface area contributed by atoms with Crippen LogP contribution in [0.1, 0.15) is 50.7 Å². The Bertz CT molecular complexity index is 1190. The summed E-state index contributed by atoms with van der Waals surface area (Å²) in [6, 6.07) is 15.1. The second-order valence-corrected chi connectivity index (χ2v) is 11.7. The molecule has 2 aromatic rings. The average Bonchev–Trinajstić information content (AvgIpc) is 3.34. The van der Waals surface area contributed by atoms with E-state index in [1.165, 1.54) is 0 Å². The normalized spacial score (nSPS) is 13.0. The average molecular weight is 644 g/mol. The quantitative estimate of drug-likeness (QED) is 0.136. The number of ether oxygens (including phenoxy) is 6. The second kappa shape index (κ2) is 19.9. The van der Waals surface area contributed by atoms with Crippen molar-refractivity contribution in [1.82, 2.24) is 10.6 Å². The third-order valence-electron chi connectivity index (χ3n) is 6.93. The Hall–Kier alpha value is -3.55. The lowest BCUT2D eigenvalue weighted by Gasteiger charge is -2.22. The molecule has 1 aliphatic carbocycles. The second-order valence-electron chi connectivity index (χ2n) is 11.7. The Morgan fingerprint density at radius 2 is 1.30 bits per heavy atom. The van der Waals surface area contributed by atoms with Gasteiger partial charge in [-0.2, -0.15) is 0 Å². The Morgan fingerprint density at radius 1 is 0.783 bits per heavy atom. The number of amides is 2. The zero-order valence-corrected chi connectivity index (χ0v) is 27.2. The molecule has 2 aromatic carbocycles. The summed E-state index contributed by atoms with van der Waals surface area (Å²) in [6.07, 6.45) is -0.760. The van der Waals surface area contributed by atoms with Crippen molar-refractivity contribution in [3.05, 3.63) is 59.7 Å². The molecule has 12 nitrogen and oxygen atoms in total. The molecule has 1 aliphatic rings. The third kappa shape index (κ3) is 13.1. The van der Waals surface area contributed by atoms with E-state index < -0.39 is 29.6 Å². The Morgan fingerprint density at radius 3 is 1.85 bits per heavy atom. The SMILES string of the molecule is CC(C)(C)OC(=O)CC[C@@H](NC(=O)OCC1c2ccccc2-c2ccccc21)C(=O)NCCOCCOCCOCCOCCN. The maximum absolute atomic E-state index is 13.0. The maximum atomic E-state index is 13.0. The van der Waals surface area contributed by atoms with Crippen LogP contribution in [0.4, 0.5) is 4.79 Å². The topological polar surface area (TPSA) is 157 Å². The van der Waals surface area contributed by atoms with E-state index in [2.05, 4.69) is 22.8 Å². The molecule has 0 aromatic heterocycles. The van der Waals surface area contributed by atoms with Gasteiger partial charge in [0, 0.05) is 25.4 Å². The van der Waals surface area contributed by atoms with Crippen LogP contribution in [-0.4, -0.2) is 102 Å². The van der Waals surface area contributed by atoms with Gasteiger partial charge < -0.3 is 44.8 Å². The van der Waals surface area contributed by atoms with Crippen LogP contribution in [-0.2, 0) is 38.0 Å². The van der Waals surface area contributed by atoms with E-state index in [0.29, 0.717) is 52.8 Å². The van der Waals surface area contributed by atoms with Gasteiger partial charge in [-0.25, -0.2) is 4.79 Å². The summed E-state index contributed by atoms with van der Waals surface area (Å²) in [7, 11) is 0. The molecule has 0 bridgehead atoms. The molecule has 254 valence electrons. The number of fused-ring (bicyclic) bond motifs is 3. The predicted molar refractivity (Wildman–Crippen MR) is 172 cm³/mol. The van der Waals surface area contributed by atoms with Gasteiger partial charge in [0.1, 0.15) is 18.2 Å². The van der Waals surface area contributed by atoms with Crippen molar-refractivity contribution in [2.45, 2.75) is 51.2 Å². The first-order valence-electron chi connectivity index (χ1n) is 15.8. The van der Waals surface area contributed by atoms with Gasteiger partial charge in [0.25, 0.3) is 0 Å². The van der Waals surface area contributed by atoms with Crippen molar-refractivity contribution in [2.75, 3.05) is 72.6 Å². The number of esters is 1. The van der Waals surface area contributed by atoms with Crippen molar-refractivity contribution in [2.24, 2.45) is 5.73 Å². The fourth-order valence-electron chi connectivity index (χ4n) is 4.92. The Kier molecular flexibility index (Phi) is 15.9. The molecule has 0 unspecified atom stereocenters. The fraction of sp³-hybridized carbons (Fsp3) is 0.559. The van der Waals surface area contributed by atoms with Crippen molar-refractivity contribution in [1.29, 1.82) is 0 Å². The minimum atomic E-state index is -1.01. The van der Waals surface area contributed by atoms with E-state index >= 15 is 0 Å². The molecular formula is C34H49N3O9. The lowest BCUT2D eigenvalue weighted by atomic mass is 9.98. The number of hydrogen-bond acceptors (Lipinski definition) is 10. The van der Waals surface area contributed by atoms with Gasteiger partial charge in [-0.15, -0.1) is 0 Å². The molecule has 0 aliphatic heterocycles. The van der Waals surface area contributed by atoms with Crippen LogP contribution >= 0.6 is 0 Å². The molecule has 0 spiro atoms. The first kappa shape index (κ1) is 36.9. The zero-order valence-electron chi connectivity index (χ0n) is 27.2. The Balaban J connectivity index is 1.41. The van der Waals surface area contributed by atoms with Crippen LogP contribution in [0.3, 0.4) is 0 Å². The lowest BCUT2D eigenvalue weighted by molar-refractivity contribution is -0.155. The number of nitrogens with two attached hydrogens (primary N) is 1. The largest absolute Gasteiger partial charge is 0.460 e. The molecule has 4 N–H and O–H groups in total. The Labute approximate surface area is 271 Å². The summed E-state index contributed by atoms with van der Waals surface area (Å²) in [5.74, 6) is -1.04. The van der Waals surface area contributed by atoms with Gasteiger partial charge in [-0.1, -0.05) is 48.5 Å². The molecule has 0 radical (unpaired) electrons. The van der Waals surface area contributed by atoms with Crippen LogP contribution in [0.15, 0.2) is 48.5 Å². The van der Waals surface area contributed by atoms with Crippen LogP contribution in [0, 0.1) is 0 Å². The first-order chi connectivity index (χ1) is 22.2. The first-order valence-corrected chi connectivity index (χ1v) is 15.8. The van der Waals surface area contributed by atoms with Gasteiger partial charge in [-0.05, 0) is 49.4 Å². The summed E-state index contributed by atoms with van der Waals surface area (Å²) in [5, 5.41) is 5.40. The van der Waals surface area contributed by atoms with Crippen LogP contribution in [0.25, 0.3) is 11.1 Å². The highest BCUT2D eigenvalue weighted by Gasteiger charge is 2.30. The van der Waals surface area contributed by atoms with E-state index in [-0.39, 0.29) is 38.5 Å². The molecule has 2 amide bonds. The minimum absolute atomic E-state index is 0.0425. The third-order valence-corrected chi connectivity index (χ3v) is 6.93. The van der Waals surface area contributed by atoms with Gasteiger partial charge in [0.05, 0.1) is 52.9 Å². The van der Waals surface area contributed by atoms with E-state index in [4.69, 9.17) is 34.2 Å². The summed E-state index contributed by atoms with van der Waals surface area (Å²) in [4.78, 5) is 38.3. The van der Waals surface area contributed by atoms with Crippen LogP contribution in [0.5, 0.6) is 0 Å². The summed E-state index contributed by atoms with van der Waals surface area (Å²) >= 11 is 0. The van der Waals surface area contributed by atoms with Crippen molar-refractivity contribution >= 4 is 18.0 Å². The van der Waals surface area contributed by atoms with E-state index in [1.807, 2.05) is 36.4 Å². The van der Waals surface area contributed by atoms with Gasteiger partial charge >= 0.3 is 12.1 Å². The molecule has 0 saturated heterocycles. The fourth-order valence-corrected chi connectivity index (χ4v) is 4.92. The number of carbonyl (C=O) groups excluding carboxylic acids is 3. The lowest BCUT2D eigenvalue weighted by Crippen LogP contribution is -2.48. The monoisotopic (exact) mass is 643 g/mol. The zero-order chi connectivity index (χ0) is 33.2. The highest BCUT2D eigenvalue weighted by atomic mass is 16.6. The minimum Gasteiger partial charge on any atom is -0.460 e. The highest BCUT2D eigenvalue weighted by Crippen LogP contribution is 2.44. The maximum Gasteiger partial charge on any atom is 0.407 e. The van der Waals surface area contributed by atoms with E-state index in [0.717, 1.165) is 22.3 Å². The van der Waals surface area contributed by atoms with Crippen molar-refractivity contribution < 1.29 is 42.8 Å². The van der Waals surface area contributed by atoms with Crippen LogP contribution in [0.2, 0.25) is 0 Å². The predicted octanol–water partition coefficient (Wildman–Crippen LogP) is 3.16. The summed E-state index contributed by atoms with van der Waals surface area (Å²) in [5.41, 5.74) is 9.08. The summed E-state index contributed by atoms with van der Waals surface area (Å²) in [6.45, 7) is 9.43. The van der Waals surface area contributed by atoms with Gasteiger partial charge in [0.15, 0.2) is 0 Å². The van der Waals surface area contributed by atoms with Crippen molar-refractivity contribution in [3.63, 3.8) is 0 Å². The van der Waals surface area contributed by atoms with Crippen LogP contribution < -0.4 is 16.4 Å².